The molecule has 3 rings (SSSR count). The Morgan fingerprint density at radius 2 is 2.08 bits per heavy atom. The molecule has 2 heterocycles. The first-order valence-electron chi connectivity index (χ1n) is 8.92. The summed E-state index contributed by atoms with van der Waals surface area (Å²) in [6.45, 7) is 5.08. The molecule has 5 nitrogen and oxygen atoms in total. The molecule has 5 heteroatoms. The van der Waals surface area contributed by atoms with Crippen molar-refractivity contribution >= 4 is 11.8 Å². The van der Waals surface area contributed by atoms with Crippen LogP contribution in [-0.4, -0.2) is 49.1 Å². The second-order valence-corrected chi connectivity index (χ2v) is 6.92. The van der Waals surface area contributed by atoms with Gasteiger partial charge in [-0.1, -0.05) is 13.0 Å². The lowest BCUT2D eigenvalue weighted by atomic mass is 9.99. The van der Waals surface area contributed by atoms with Crippen LogP contribution in [0.25, 0.3) is 0 Å². The molecule has 2 fully saturated rings. The van der Waals surface area contributed by atoms with Gasteiger partial charge in [-0.25, -0.2) is 0 Å². The van der Waals surface area contributed by atoms with Crippen molar-refractivity contribution in [3.8, 4) is 0 Å². The Kier molecular flexibility index (Phi) is 5.51. The van der Waals surface area contributed by atoms with Crippen LogP contribution in [0.3, 0.4) is 0 Å². The zero-order valence-corrected chi connectivity index (χ0v) is 14.3. The van der Waals surface area contributed by atoms with E-state index in [0.717, 1.165) is 39.0 Å². The molecule has 0 radical (unpaired) electrons. The van der Waals surface area contributed by atoms with Crippen LogP contribution in [0.4, 0.5) is 0 Å². The maximum Gasteiger partial charge on any atom is 0.253 e. The van der Waals surface area contributed by atoms with E-state index in [0.29, 0.717) is 23.6 Å². The van der Waals surface area contributed by atoms with Crippen LogP contribution < -0.4 is 5.32 Å². The first-order chi connectivity index (χ1) is 11.6. The average molecular weight is 330 g/mol. The molecule has 1 aromatic carbocycles. The summed E-state index contributed by atoms with van der Waals surface area (Å²) in [6.07, 6.45) is 4.39. The van der Waals surface area contributed by atoms with Crippen LogP contribution >= 0.6 is 0 Å². The van der Waals surface area contributed by atoms with Gasteiger partial charge in [0.05, 0.1) is 6.10 Å². The van der Waals surface area contributed by atoms with Crippen molar-refractivity contribution in [2.45, 2.75) is 38.7 Å². The van der Waals surface area contributed by atoms with Crippen molar-refractivity contribution in [1.82, 2.24) is 10.2 Å². The first kappa shape index (κ1) is 17.0. The third-order valence-electron chi connectivity index (χ3n) is 4.83. The average Bonchev–Trinajstić information content (AvgIpc) is 3.12. The van der Waals surface area contributed by atoms with E-state index in [1.807, 2.05) is 4.90 Å². The smallest absolute Gasteiger partial charge is 0.253 e. The van der Waals surface area contributed by atoms with Gasteiger partial charge in [-0.2, -0.15) is 0 Å². The lowest BCUT2D eigenvalue weighted by molar-refractivity contribution is 0.0683. The number of nitrogens with one attached hydrogen (secondary N) is 1. The van der Waals surface area contributed by atoms with Gasteiger partial charge in [0.25, 0.3) is 11.8 Å². The number of ether oxygens (including phenoxy) is 1. The van der Waals surface area contributed by atoms with Gasteiger partial charge in [0.1, 0.15) is 0 Å². The predicted octanol–water partition coefficient (Wildman–Crippen LogP) is 2.47. The zero-order chi connectivity index (χ0) is 16.9. The summed E-state index contributed by atoms with van der Waals surface area (Å²) in [6, 6.07) is 7.02. The summed E-state index contributed by atoms with van der Waals surface area (Å²) in [5.74, 6) is 0.420. The summed E-state index contributed by atoms with van der Waals surface area (Å²) in [4.78, 5) is 26.9. The SMILES string of the molecule is CC1CCCN(C(=O)c2cccc(C(=O)NCC3CCCO3)c2)C1. The summed E-state index contributed by atoms with van der Waals surface area (Å²) in [5.41, 5.74) is 1.12. The largest absolute Gasteiger partial charge is 0.376 e. The number of benzene rings is 1. The minimum atomic E-state index is -0.146. The number of carbonyl (C=O) groups excluding carboxylic acids is 2. The van der Waals surface area contributed by atoms with Crippen LogP contribution in [0, 0.1) is 5.92 Å². The van der Waals surface area contributed by atoms with Gasteiger partial charge in [0, 0.05) is 37.4 Å². The Morgan fingerprint density at radius 1 is 1.25 bits per heavy atom. The molecule has 0 bridgehead atoms. The van der Waals surface area contributed by atoms with Gasteiger partial charge in [0.2, 0.25) is 0 Å². The normalized spacial score (nSPS) is 24.0. The number of piperidine rings is 1. The van der Waals surface area contributed by atoms with Gasteiger partial charge < -0.3 is 15.0 Å². The number of likely N-dealkylation sites (tertiary alicyclic amines) is 1. The summed E-state index contributed by atoms with van der Waals surface area (Å²) < 4.78 is 5.52. The summed E-state index contributed by atoms with van der Waals surface area (Å²) >= 11 is 0. The molecular formula is C19H26N2O3. The second-order valence-electron chi connectivity index (χ2n) is 6.92. The number of rotatable bonds is 4. The fourth-order valence-corrected chi connectivity index (χ4v) is 3.46. The fraction of sp³-hybridized carbons (Fsp3) is 0.579. The lowest BCUT2D eigenvalue weighted by Gasteiger charge is -2.31. The molecule has 2 aliphatic rings. The standard InChI is InChI=1S/C19H26N2O3/c1-14-5-3-9-21(13-14)19(23)16-7-2-6-15(11-16)18(22)20-12-17-8-4-10-24-17/h2,6-7,11,14,17H,3-5,8-10,12-13H2,1H3,(H,20,22). The summed E-state index contributed by atoms with van der Waals surface area (Å²) in [5, 5.41) is 2.90. The molecule has 2 unspecified atom stereocenters. The topological polar surface area (TPSA) is 58.6 Å². The Morgan fingerprint density at radius 3 is 2.83 bits per heavy atom. The highest BCUT2D eigenvalue weighted by atomic mass is 16.5. The Bertz CT molecular complexity index is 596. The molecule has 130 valence electrons. The van der Waals surface area contributed by atoms with Crippen LogP contribution in [0.5, 0.6) is 0 Å². The van der Waals surface area contributed by atoms with E-state index >= 15 is 0 Å². The minimum Gasteiger partial charge on any atom is -0.376 e. The van der Waals surface area contributed by atoms with Crippen molar-refractivity contribution < 1.29 is 14.3 Å². The quantitative estimate of drug-likeness (QED) is 0.922. The predicted molar refractivity (Wildman–Crippen MR) is 92.1 cm³/mol. The summed E-state index contributed by atoms with van der Waals surface area (Å²) in [7, 11) is 0. The highest BCUT2D eigenvalue weighted by Crippen LogP contribution is 2.18. The van der Waals surface area contributed by atoms with Crippen molar-refractivity contribution in [1.29, 1.82) is 0 Å². The lowest BCUT2D eigenvalue weighted by Crippen LogP contribution is -2.39. The molecule has 0 saturated carbocycles. The second kappa shape index (κ2) is 7.79. The third kappa shape index (κ3) is 4.15. The van der Waals surface area contributed by atoms with Gasteiger partial charge >= 0.3 is 0 Å². The van der Waals surface area contributed by atoms with E-state index in [1.54, 1.807) is 24.3 Å². The third-order valence-corrected chi connectivity index (χ3v) is 4.83. The van der Waals surface area contributed by atoms with E-state index in [1.165, 1.54) is 6.42 Å². The zero-order valence-electron chi connectivity index (χ0n) is 14.3. The Balaban J connectivity index is 1.62. The molecule has 2 atom stereocenters. The Hall–Kier alpha value is -1.88. The molecule has 1 aromatic rings. The van der Waals surface area contributed by atoms with Crippen LogP contribution in [0.15, 0.2) is 24.3 Å². The van der Waals surface area contributed by atoms with Gasteiger partial charge in [-0.05, 0) is 49.8 Å². The highest BCUT2D eigenvalue weighted by Gasteiger charge is 2.23. The number of hydrogen-bond donors (Lipinski definition) is 1. The van der Waals surface area contributed by atoms with Crippen molar-refractivity contribution in [2.75, 3.05) is 26.2 Å². The van der Waals surface area contributed by atoms with E-state index in [4.69, 9.17) is 4.74 Å². The van der Waals surface area contributed by atoms with E-state index in [-0.39, 0.29) is 17.9 Å². The number of carbonyl (C=O) groups is 2. The molecule has 0 aromatic heterocycles. The van der Waals surface area contributed by atoms with E-state index < -0.39 is 0 Å². The minimum absolute atomic E-state index is 0.0235. The number of hydrogen-bond acceptors (Lipinski definition) is 3. The van der Waals surface area contributed by atoms with Crippen LogP contribution in [-0.2, 0) is 4.74 Å². The number of amides is 2. The molecule has 2 aliphatic heterocycles. The maximum atomic E-state index is 12.7. The number of nitrogens with zero attached hydrogens (tertiary/aromatic N) is 1. The van der Waals surface area contributed by atoms with Gasteiger partial charge in [0.15, 0.2) is 0 Å². The first-order valence-corrected chi connectivity index (χ1v) is 8.92. The van der Waals surface area contributed by atoms with Gasteiger partial charge in [-0.3, -0.25) is 9.59 Å². The van der Waals surface area contributed by atoms with Crippen LogP contribution in [0.2, 0.25) is 0 Å². The molecule has 1 N–H and O–H groups in total. The molecule has 0 aliphatic carbocycles. The molecule has 2 saturated heterocycles. The molecular weight excluding hydrogens is 304 g/mol. The van der Waals surface area contributed by atoms with Crippen molar-refractivity contribution in [3.63, 3.8) is 0 Å². The molecule has 2 amide bonds. The van der Waals surface area contributed by atoms with E-state index in [2.05, 4.69) is 12.2 Å². The van der Waals surface area contributed by atoms with Gasteiger partial charge in [-0.15, -0.1) is 0 Å². The monoisotopic (exact) mass is 330 g/mol. The van der Waals surface area contributed by atoms with Crippen LogP contribution in [0.1, 0.15) is 53.3 Å². The fourth-order valence-electron chi connectivity index (χ4n) is 3.46. The highest BCUT2D eigenvalue weighted by molar-refractivity contribution is 5.99. The maximum absolute atomic E-state index is 12.7. The molecule has 0 spiro atoms. The van der Waals surface area contributed by atoms with E-state index in [9.17, 15) is 9.59 Å². The van der Waals surface area contributed by atoms with Crippen molar-refractivity contribution in [2.24, 2.45) is 5.92 Å². The van der Waals surface area contributed by atoms with Crippen molar-refractivity contribution in [3.05, 3.63) is 35.4 Å². The molecule has 24 heavy (non-hydrogen) atoms. The Labute approximate surface area is 143 Å².